The van der Waals surface area contributed by atoms with Crippen LogP contribution in [0.3, 0.4) is 0 Å². The largest absolute Gasteiger partial charge is 0.459 e. The predicted octanol–water partition coefficient (Wildman–Crippen LogP) is 1.28. The first-order chi connectivity index (χ1) is 14.0. The Kier molecular flexibility index (Phi) is 5.12. The third-order valence-electron chi connectivity index (χ3n) is 5.53. The number of aromatic nitrogens is 2. The smallest absolute Gasteiger partial charge is 0.289 e. The first kappa shape index (κ1) is 19.2. The molecule has 2 aromatic rings. The molecule has 0 bridgehead atoms. The zero-order chi connectivity index (χ0) is 20.5. The first-order valence-electron chi connectivity index (χ1n) is 9.97. The summed E-state index contributed by atoms with van der Waals surface area (Å²) in [6.45, 7) is 6.07. The highest BCUT2D eigenvalue weighted by Gasteiger charge is 2.38. The Morgan fingerprint density at radius 2 is 1.90 bits per heavy atom. The molecule has 0 aromatic carbocycles. The van der Waals surface area contributed by atoms with Crippen molar-refractivity contribution in [3.63, 3.8) is 0 Å². The average Bonchev–Trinajstić information content (AvgIpc) is 3.39. The summed E-state index contributed by atoms with van der Waals surface area (Å²) in [5.74, 6) is 0.687. The maximum Gasteiger partial charge on any atom is 0.289 e. The van der Waals surface area contributed by atoms with Gasteiger partial charge in [0.05, 0.1) is 18.5 Å². The highest BCUT2D eigenvalue weighted by molar-refractivity contribution is 6.01. The van der Waals surface area contributed by atoms with Crippen molar-refractivity contribution in [2.75, 3.05) is 31.1 Å². The van der Waals surface area contributed by atoms with E-state index in [-0.39, 0.29) is 17.7 Å². The van der Waals surface area contributed by atoms with Gasteiger partial charge in [0.15, 0.2) is 5.76 Å². The Labute approximate surface area is 168 Å². The number of rotatable bonds is 4. The van der Waals surface area contributed by atoms with Crippen LogP contribution in [0.5, 0.6) is 0 Å². The minimum Gasteiger partial charge on any atom is -0.459 e. The van der Waals surface area contributed by atoms with E-state index in [0.717, 1.165) is 5.69 Å². The number of hydrogen-bond donors (Lipinski definition) is 0. The Balaban J connectivity index is 1.46. The number of aryl methyl sites for hydroxylation is 2. The van der Waals surface area contributed by atoms with Crippen molar-refractivity contribution in [3.05, 3.63) is 35.9 Å². The molecule has 1 saturated heterocycles. The van der Waals surface area contributed by atoms with Crippen LogP contribution in [0, 0.1) is 6.92 Å². The molecule has 4 heterocycles. The van der Waals surface area contributed by atoms with Gasteiger partial charge in [-0.3, -0.25) is 19.3 Å². The van der Waals surface area contributed by atoms with E-state index in [1.54, 1.807) is 31.5 Å². The molecule has 0 spiro atoms. The minimum atomic E-state index is -0.565. The fourth-order valence-electron chi connectivity index (χ4n) is 4.04. The summed E-state index contributed by atoms with van der Waals surface area (Å²) in [5.41, 5.74) is 0.826. The van der Waals surface area contributed by atoms with Gasteiger partial charge in [0.1, 0.15) is 11.9 Å². The van der Waals surface area contributed by atoms with Gasteiger partial charge in [0, 0.05) is 38.7 Å². The Morgan fingerprint density at radius 1 is 1.17 bits per heavy atom. The standard InChI is InChI=1S/C20H25N5O4/c1-3-15(25-17-13-14(2)21-24(17)7-6-18(25)26)19(27)22-8-10-23(11-9-22)20(28)16-5-4-12-29-16/h4-5,12-13,15H,3,6-11H2,1-2H3/t15-/m1/s1. The summed E-state index contributed by atoms with van der Waals surface area (Å²) in [7, 11) is 0. The van der Waals surface area contributed by atoms with E-state index in [9.17, 15) is 14.4 Å². The molecule has 0 radical (unpaired) electrons. The molecule has 2 aromatic heterocycles. The number of anilines is 1. The summed E-state index contributed by atoms with van der Waals surface area (Å²) >= 11 is 0. The molecular weight excluding hydrogens is 374 g/mol. The lowest BCUT2D eigenvalue weighted by Crippen LogP contribution is -2.57. The van der Waals surface area contributed by atoms with Crippen LogP contribution in [0.25, 0.3) is 0 Å². The van der Waals surface area contributed by atoms with E-state index in [4.69, 9.17) is 4.42 Å². The van der Waals surface area contributed by atoms with Crippen LogP contribution >= 0.6 is 0 Å². The molecule has 29 heavy (non-hydrogen) atoms. The third kappa shape index (κ3) is 3.52. The summed E-state index contributed by atoms with van der Waals surface area (Å²) < 4.78 is 6.98. The first-order valence-corrected chi connectivity index (χ1v) is 9.97. The lowest BCUT2D eigenvalue weighted by atomic mass is 10.1. The molecule has 9 nitrogen and oxygen atoms in total. The highest BCUT2D eigenvalue weighted by atomic mass is 16.3. The number of piperazine rings is 1. The molecular formula is C20H25N5O4. The van der Waals surface area contributed by atoms with Crippen LogP contribution in [-0.4, -0.2) is 69.5 Å². The van der Waals surface area contributed by atoms with E-state index in [1.807, 2.05) is 19.9 Å². The lowest BCUT2D eigenvalue weighted by Gasteiger charge is -2.39. The third-order valence-corrected chi connectivity index (χ3v) is 5.53. The topological polar surface area (TPSA) is 91.9 Å². The second kappa shape index (κ2) is 7.73. The maximum atomic E-state index is 13.3. The molecule has 2 aliphatic heterocycles. The van der Waals surface area contributed by atoms with Crippen molar-refractivity contribution in [1.29, 1.82) is 0 Å². The number of carbonyl (C=O) groups excluding carboxylic acids is 3. The van der Waals surface area contributed by atoms with E-state index in [2.05, 4.69) is 5.10 Å². The van der Waals surface area contributed by atoms with E-state index in [0.29, 0.717) is 57.1 Å². The molecule has 0 saturated carbocycles. The number of hydrogen-bond acceptors (Lipinski definition) is 5. The zero-order valence-corrected chi connectivity index (χ0v) is 16.7. The van der Waals surface area contributed by atoms with Crippen molar-refractivity contribution in [2.24, 2.45) is 0 Å². The summed E-state index contributed by atoms with van der Waals surface area (Å²) in [4.78, 5) is 43.4. The molecule has 4 rings (SSSR count). The van der Waals surface area contributed by atoms with Crippen molar-refractivity contribution in [3.8, 4) is 0 Å². The second-order valence-electron chi connectivity index (χ2n) is 7.40. The van der Waals surface area contributed by atoms with Gasteiger partial charge in [-0.2, -0.15) is 5.10 Å². The SMILES string of the molecule is CC[C@H](C(=O)N1CCN(C(=O)c2ccco2)CC1)N1C(=O)CCn2nc(C)cc21. The van der Waals surface area contributed by atoms with Crippen molar-refractivity contribution in [2.45, 2.75) is 39.3 Å². The molecule has 2 aliphatic rings. The fraction of sp³-hybridized carbons (Fsp3) is 0.500. The predicted molar refractivity (Wildman–Crippen MR) is 104 cm³/mol. The van der Waals surface area contributed by atoms with Gasteiger partial charge in [0.2, 0.25) is 11.8 Å². The second-order valence-corrected chi connectivity index (χ2v) is 7.40. The molecule has 3 amide bonds. The number of furan rings is 1. The molecule has 0 N–H and O–H groups in total. The molecule has 154 valence electrons. The minimum absolute atomic E-state index is 0.0516. The normalized spacial score (nSPS) is 18.0. The Hall–Kier alpha value is -3.10. The quantitative estimate of drug-likeness (QED) is 0.772. The molecule has 9 heteroatoms. The molecule has 1 fully saturated rings. The zero-order valence-electron chi connectivity index (χ0n) is 16.7. The fourth-order valence-corrected chi connectivity index (χ4v) is 4.04. The number of carbonyl (C=O) groups is 3. The average molecular weight is 399 g/mol. The molecule has 0 aliphatic carbocycles. The van der Waals surface area contributed by atoms with Gasteiger partial charge in [-0.05, 0) is 25.5 Å². The van der Waals surface area contributed by atoms with Crippen LogP contribution < -0.4 is 4.90 Å². The van der Waals surface area contributed by atoms with Crippen molar-refractivity contribution < 1.29 is 18.8 Å². The Morgan fingerprint density at radius 3 is 2.55 bits per heavy atom. The lowest BCUT2D eigenvalue weighted by molar-refractivity contribution is -0.136. The van der Waals surface area contributed by atoms with Crippen LogP contribution in [0.2, 0.25) is 0 Å². The van der Waals surface area contributed by atoms with Crippen LogP contribution in [0.15, 0.2) is 28.9 Å². The van der Waals surface area contributed by atoms with Gasteiger partial charge in [-0.15, -0.1) is 0 Å². The number of fused-ring (bicyclic) bond motifs is 1. The van der Waals surface area contributed by atoms with Crippen molar-refractivity contribution >= 4 is 23.5 Å². The van der Waals surface area contributed by atoms with Gasteiger partial charge >= 0.3 is 0 Å². The van der Waals surface area contributed by atoms with Gasteiger partial charge in [-0.1, -0.05) is 6.92 Å². The highest BCUT2D eigenvalue weighted by Crippen LogP contribution is 2.27. The summed E-state index contributed by atoms with van der Waals surface area (Å²) in [6.07, 6.45) is 2.32. The maximum absolute atomic E-state index is 13.3. The summed E-state index contributed by atoms with van der Waals surface area (Å²) in [5, 5.41) is 4.42. The summed E-state index contributed by atoms with van der Waals surface area (Å²) in [6, 6.07) is 4.61. The number of nitrogens with zero attached hydrogens (tertiary/aromatic N) is 5. The van der Waals surface area contributed by atoms with Crippen LogP contribution in [0.4, 0.5) is 5.82 Å². The van der Waals surface area contributed by atoms with Crippen LogP contribution in [-0.2, 0) is 16.1 Å². The van der Waals surface area contributed by atoms with E-state index in [1.165, 1.54) is 6.26 Å². The molecule has 1 atom stereocenters. The van der Waals surface area contributed by atoms with Gasteiger partial charge < -0.3 is 14.2 Å². The van der Waals surface area contributed by atoms with Gasteiger partial charge in [-0.25, -0.2) is 4.68 Å². The van der Waals surface area contributed by atoms with E-state index < -0.39 is 6.04 Å². The Bertz CT molecular complexity index is 911. The molecule has 0 unspecified atom stereocenters. The number of amides is 3. The monoisotopic (exact) mass is 399 g/mol. The van der Waals surface area contributed by atoms with Crippen LogP contribution in [0.1, 0.15) is 36.0 Å². The van der Waals surface area contributed by atoms with E-state index >= 15 is 0 Å². The van der Waals surface area contributed by atoms with Crippen molar-refractivity contribution in [1.82, 2.24) is 19.6 Å². The van der Waals surface area contributed by atoms with Gasteiger partial charge in [0.25, 0.3) is 5.91 Å².